The van der Waals surface area contributed by atoms with Crippen LogP contribution >= 0.6 is 22.7 Å². The van der Waals surface area contributed by atoms with Gasteiger partial charge in [0.2, 0.25) is 10.7 Å². The van der Waals surface area contributed by atoms with Gasteiger partial charge >= 0.3 is 0 Å². The predicted molar refractivity (Wildman–Crippen MR) is 125 cm³/mol. The topological polar surface area (TPSA) is 127 Å². The molecular formula is C22H20N6O2S2. The number of rotatable bonds is 6. The number of thiazole rings is 1. The first kappa shape index (κ1) is 21.6. The molecule has 0 radical (unpaired) electrons. The molecule has 2 amide bonds. The summed E-state index contributed by atoms with van der Waals surface area (Å²) in [6, 6.07) is 14.0. The van der Waals surface area contributed by atoms with Crippen molar-refractivity contribution in [3.63, 3.8) is 0 Å². The Morgan fingerprint density at radius 1 is 1.16 bits per heavy atom. The van der Waals surface area contributed by atoms with Crippen molar-refractivity contribution in [1.82, 2.24) is 14.8 Å². The van der Waals surface area contributed by atoms with Gasteiger partial charge in [0.25, 0.3) is 5.91 Å². The third kappa shape index (κ3) is 4.36. The van der Waals surface area contributed by atoms with Crippen LogP contribution in [0.2, 0.25) is 0 Å². The monoisotopic (exact) mass is 464 g/mol. The van der Waals surface area contributed by atoms with E-state index in [0.717, 1.165) is 22.1 Å². The van der Waals surface area contributed by atoms with Crippen LogP contribution in [0.4, 0.5) is 5.69 Å². The Morgan fingerprint density at radius 3 is 2.56 bits per heavy atom. The summed E-state index contributed by atoms with van der Waals surface area (Å²) in [6.45, 7) is 3.82. The second-order valence-electron chi connectivity index (χ2n) is 6.92. The summed E-state index contributed by atoms with van der Waals surface area (Å²) >= 11 is 2.72. The number of carbonyl (C=O) groups excluding carboxylic acids is 2. The number of anilines is 1. The summed E-state index contributed by atoms with van der Waals surface area (Å²) in [4.78, 5) is 29.9. The summed E-state index contributed by atoms with van der Waals surface area (Å²) in [5.41, 5.74) is 8.10. The van der Waals surface area contributed by atoms with E-state index in [4.69, 9.17) is 11.1 Å². The number of aryl methyl sites for hydroxylation is 2. The summed E-state index contributed by atoms with van der Waals surface area (Å²) < 4.78 is 1.57. The molecule has 4 aromatic rings. The molecule has 0 aliphatic rings. The van der Waals surface area contributed by atoms with Crippen LogP contribution in [-0.2, 0) is 6.42 Å². The van der Waals surface area contributed by atoms with Crippen molar-refractivity contribution in [2.24, 2.45) is 5.73 Å². The van der Waals surface area contributed by atoms with Gasteiger partial charge in [-0.15, -0.1) is 11.3 Å². The molecule has 162 valence electrons. The number of benzene rings is 2. The maximum Gasteiger partial charge on any atom is 0.275 e. The molecule has 0 saturated heterocycles. The predicted octanol–water partition coefficient (Wildman–Crippen LogP) is 3.76. The van der Waals surface area contributed by atoms with Crippen molar-refractivity contribution >= 4 is 40.2 Å². The third-order valence-corrected chi connectivity index (χ3v) is 6.64. The lowest BCUT2D eigenvalue weighted by atomic mass is 10.1. The smallest absolute Gasteiger partial charge is 0.275 e. The first-order valence-electron chi connectivity index (χ1n) is 9.78. The summed E-state index contributed by atoms with van der Waals surface area (Å²) in [7, 11) is 0. The lowest BCUT2D eigenvalue weighted by Gasteiger charge is -2.07. The number of amides is 2. The number of nitrogens with one attached hydrogen (secondary N) is 2. The second-order valence-corrected chi connectivity index (χ2v) is 9.19. The zero-order chi connectivity index (χ0) is 22.8. The SMILES string of the molecule is CCc1nn(-c2ccc(NC(=O)c3nc(C)sc3-c3cccc(C(N)=O)c3)cc2)c(=N)s1. The van der Waals surface area contributed by atoms with Gasteiger partial charge in [0.15, 0.2) is 0 Å². The standard InChI is InChI=1S/C22H20N6O2S2/c1-3-17-27-28(22(24)32-17)16-9-7-15(8-10-16)26-21(30)18-19(31-12(2)25-18)13-5-4-6-14(11-13)20(23)29/h4-11,24H,3H2,1-2H3,(H2,23,29)(H,26,30). The third-order valence-electron chi connectivity index (χ3n) is 4.65. The van der Waals surface area contributed by atoms with Crippen LogP contribution in [0.25, 0.3) is 16.1 Å². The first-order valence-corrected chi connectivity index (χ1v) is 11.4. The Morgan fingerprint density at radius 2 is 1.91 bits per heavy atom. The van der Waals surface area contributed by atoms with Gasteiger partial charge in [-0.3, -0.25) is 15.0 Å². The molecule has 0 bridgehead atoms. The number of primary amides is 1. The fourth-order valence-electron chi connectivity index (χ4n) is 3.12. The van der Waals surface area contributed by atoms with Crippen LogP contribution in [0.15, 0.2) is 48.5 Å². The van der Waals surface area contributed by atoms with E-state index in [1.165, 1.54) is 22.7 Å². The van der Waals surface area contributed by atoms with Crippen molar-refractivity contribution in [2.45, 2.75) is 20.3 Å². The van der Waals surface area contributed by atoms with E-state index in [9.17, 15) is 9.59 Å². The molecule has 0 fully saturated rings. The molecule has 4 rings (SSSR count). The molecule has 0 atom stereocenters. The lowest BCUT2D eigenvalue weighted by Crippen LogP contribution is -2.15. The molecule has 8 nitrogen and oxygen atoms in total. The van der Waals surface area contributed by atoms with Crippen LogP contribution in [0, 0.1) is 12.3 Å². The van der Waals surface area contributed by atoms with Crippen molar-refractivity contribution < 1.29 is 9.59 Å². The minimum atomic E-state index is -0.529. The second kappa shape index (κ2) is 8.85. The largest absolute Gasteiger partial charge is 0.366 e. The van der Waals surface area contributed by atoms with Gasteiger partial charge < -0.3 is 11.1 Å². The highest BCUT2D eigenvalue weighted by Gasteiger charge is 2.19. The van der Waals surface area contributed by atoms with Gasteiger partial charge in [0.05, 0.1) is 15.6 Å². The summed E-state index contributed by atoms with van der Waals surface area (Å²) in [6.07, 6.45) is 0.773. The minimum Gasteiger partial charge on any atom is -0.366 e. The molecule has 2 aromatic heterocycles. The van der Waals surface area contributed by atoms with Crippen molar-refractivity contribution in [3.8, 4) is 16.1 Å². The molecule has 32 heavy (non-hydrogen) atoms. The zero-order valence-electron chi connectivity index (χ0n) is 17.4. The number of nitrogens with two attached hydrogens (primary N) is 1. The number of hydrogen-bond acceptors (Lipinski definition) is 7. The van der Waals surface area contributed by atoms with Gasteiger partial charge in [0.1, 0.15) is 10.7 Å². The fraction of sp³-hybridized carbons (Fsp3) is 0.136. The first-order chi connectivity index (χ1) is 15.4. The molecule has 2 heterocycles. The highest BCUT2D eigenvalue weighted by Crippen LogP contribution is 2.31. The maximum absolute atomic E-state index is 13.0. The highest BCUT2D eigenvalue weighted by molar-refractivity contribution is 7.15. The number of carbonyl (C=O) groups is 2. The number of hydrogen-bond donors (Lipinski definition) is 3. The van der Waals surface area contributed by atoms with Crippen LogP contribution < -0.4 is 15.9 Å². The van der Waals surface area contributed by atoms with Crippen molar-refractivity contribution in [2.75, 3.05) is 5.32 Å². The molecule has 2 aromatic carbocycles. The van der Waals surface area contributed by atoms with Gasteiger partial charge in [-0.05, 0) is 55.3 Å². The molecule has 0 unspecified atom stereocenters. The van der Waals surface area contributed by atoms with Crippen LogP contribution in [0.1, 0.15) is 37.8 Å². The maximum atomic E-state index is 13.0. The quantitative estimate of drug-likeness (QED) is 0.401. The molecule has 0 aliphatic carbocycles. The lowest BCUT2D eigenvalue weighted by molar-refractivity contribution is 0.0997. The molecule has 0 saturated carbocycles. The Labute approximate surface area is 191 Å². The van der Waals surface area contributed by atoms with Gasteiger partial charge in [-0.2, -0.15) is 5.10 Å². The van der Waals surface area contributed by atoms with E-state index in [1.807, 2.05) is 19.9 Å². The van der Waals surface area contributed by atoms with Gasteiger partial charge in [-0.25, -0.2) is 9.67 Å². The van der Waals surface area contributed by atoms with Crippen LogP contribution in [0.5, 0.6) is 0 Å². The Bertz CT molecular complexity index is 1370. The molecule has 10 heteroatoms. The molecule has 4 N–H and O–H groups in total. The number of nitrogens with zero attached hydrogens (tertiary/aromatic N) is 3. The van der Waals surface area contributed by atoms with E-state index >= 15 is 0 Å². The average molecular weight is 465 g/mol. The van der Waals surface area contributed by atoms with E-state index in [2.05, 4.69) is 15.4 Å². The van der Waals surface area contributed by atoms with E-state index in [1.54, 1.807) is 47.1 Å². The Balaban J connectivity index is 1.59. The van der Waals surface area contributed by atoms with Gasteiger partial charge in [0, 0.05) is 11.3 Å². The van der Waals surface area contributed by atoms with Crippen LogP contribution in [0.3, 0.4) is 0 Å². The number of aromatic nitrogens is 3. The Kier molecular flexibility index (Phi) is 5.97. The van der Waals surface area contributed by atoms with Gasteiger partial charge in [-0.1, -0.05) is 30.4 Å². The van der Waals surface area contributed by atoms with Crippen molar-refractivity contribution in [1.29, 1.82) is 5.41 Å². The summed E-state index contributed by atoms with van der Waals surface area (Å²) in [5.74, 6) is -0.878. The highest BCUT2D eigenvalue weighted by atomic mass is 32.1. The van der Waals surface area contributed by atoms with E-state index in [-0.39, 0.29) is 11.6 Å². The van der Waals surface area contributed by atoms with Crippen molar-refractivity contribution in [3.05, 3.63) is 74.6 Å². The van der Waals surface area contributed by atoms with E-state index in [0.29, 0.717) is 26.5 Å². The van der Waals surface area contributed by atoms with Crippen LogP contribution in [-0.4, -0.2) is 26.6 Å². The normalized spacial score (nSPS) is 10.8. The fourth-order valence-corrected chi connectivity index (χ4v) is 4.75. The average Bonchev–Trinajstić information content (AvgIpc) is 3.37. The minimum absolute atomic E-state index is 0.285. The Hall–Kier alpha value is -3.63. The molecule has 0 spiro atoms. The zero-order valence-corrected chi connectivity index (χ0v) is 19.0. The molecule has 0 aliphatic heterocycles. The summed E-state index contributed by atoms with van der Waals surface area (Å²) in [5, 5.41) is 17.0. The molecular weight excluding hydrogens is 444 g/mol. The van der Waals surface area contributed by atoms with E-state index < -0.39 is 5.91 Å².